The summed E-state index contributed by atoms with van der Waals surface area (Å²) < 4.78 is 2.85. The standard InChI is InChI=1S/C13H14BrN3OS/c1-17-11(9-3-2-4-10(9)16-17)6-15-13(18)12-5-8(14)7-19-12/h5,7H,2-4,6H2,1H3,(H,15,18). The Labute approximate surface area is 123 Å². The van der Waals surface area contributed by atoms with Gasteiger partial charge in [-0.1, -0.05) is 0 Å². The van der Waals surface area contributed by atoms with Crippen LogP contribution < -0.4 is 5.32 Å². The second kappa shape index (κ2) is 5.09. The summed E-state index contributed by atoms with van der Waals surface area (Å²) in [4.78, 5) is 12.7. The van der Waals surface area contributed by atoms with Crippen LogP contribution in [0.15, 0.2) is 15.9 Å². The lowest BCUT2D eigenvalue weighted by Crippen LogP contribution is -2.23. The molecular formula is C13H14BrN3OS. The summed E-state index contributed by atoms with van der Waals surface area (Å²) in [6, 6.07) is 1.84. The Balaban J connectivity index is 1.71. The number of carbonyl (C=O) groups excluding carboxylic acids is 1. The zero-order chi connectivity index (χ0) is 13.4. The van der Waals surface area contributed by atoms with Gasteiger partial charge in [-0.25, -0.2) is 0 Å². The lowest BCUT2D eigenvalue weighted by atomic mass is 10.2. The summed E-state index contributed by atoms with van der Waals surface area (Å²) in [6.07, 6.45) is 3.32. The van der Waals surface area contributed by atoms with E-state index in [2.05, 4.69) is 26.3 Å². The van der Waals surface area contributed by atoms with Gasteiger partial charge in [0.15, 0.2) is 0 Å². The van der Waals surface area contributed by atoms with Crippen LogP contribution in [-0.2, 0) is 26.4 Å². The van der Waals surface area contributed by atoms with E-state index in [-0.39, 0.29) is 5.91 Å². The topological polar surface area (TPSA) is 46.9 Å². The number of nitrogens with one attached hydrogen (secondary N) is 1. The van der Waals surface area contributed by atoms with Crippen molar-refractivity contribution in [1.82, 2.24) is 15.1 Å². The minimum atomic E-state index is -0.0244. The van der Waals surface area contributed by atoms with Gasteiger partial charge in [0.25, 0.3) is 5.91 Å². The van der Waals surface area contributed by atoms with Crippen molar-refractivity contribution in [3.05, 3.63) is 37.7 Å². The van der Waals surface area contributed by atoms with Gasteiger partial charge in [-0.15, -0.1) is 11.3 Å². The summed E-state index contributed by atoms with van der Waals surface area (Å²) in [7, 11) is 1.95. The van der Waals surface area contributed by atoms with Crippen LogP contribution in [0.2, 0.25) is 0 Å². The van der Waals surface area contributed by atoms with Crippen molar-refractivity contribution >= 4 is 33.2 Å². The fourth-order valence-electron chi connectivity index (χ4n) is 2.49. The molecule has 0 saturated heterocycles. The predicted octanol–water partition coefficient (Wildman–Crippen LogP) is 2.66. The Kier molecular flexibility index (Phi) is 3.45. The third-order valence-electron chi connectivity index (χ3n) is 3.41. The molecule has 0 bridgehead atoms. The number of aromatic nitrogens is 2. The monoisotopic (exact) mass is 339 g/mol. The fraction of sp³-hybridized carbons (Fsp3) is 0.385. The highest BCUT2D eigenvalue weighted by Gasteiger charge is 2.21. The van der Waals surface area contributed by atoms with Crippen molar-refractivity contribution in [3.8, 4) is 0 Å². The van der Waals surface area contributed by atoms with Gasteiger partial charge in [-0.3, -0.25) is 9.48 Å². The Hall–Kier alpha value is -1.14. The van der Waals surface area contributed by atoms with Crippen LogP contribution in [-0.4, -0.2) is 15.7 Å². The second-order valence-electron chi connectivity index (χ2n) is 4.66. The summed E-state index contributed by atoms with van der Waals surface area (Å²) in [5.74, 6) is -0.0244. The third kappa shape index (κ3) is 2.47. The number of hydrogen-bond donors (Lipinski definition) is 1. The first-order valence-corrected chi connectivity index (χ1v) is 7.88. The van der Waals surface area contributed by atoms with Crippen LogP contribution in [0, 0.1) is 0 Å². The van der Waals surface area contributed by atoms with Gasteiger partial charge in [-0.2, -0.15) is 5.10 Å². The molecule has 100 valence electrons. The number of halogens is 1. The van der Waals surface area contributed by atoms with Crippen molar-refractivity contribution in [2.24, 2.45) is 7.05 Å². The third-order valence-corrected chi connectivity index (χ3v) is 5.10. The second-order valence-corrected chi connectivity index (χ2v) is 6.49. The zero-order valence-electron chi connectivity index (χ0n) is 10.6. The Morgan fingerprint density at radius 3 is 3.16 bits per heavy atom. The first-order chi connectivity index (χ1) is 9.15. The fourth-order valence-corrected chi connectivity index (χ4v) is 3.83. The van der Waals surface area contributed by atoms with Crippen molar-refractivity contribution in [1.29, 1.82) is 0 Å². The maximum Gasteiger partial charge on any atom is 0.261 e. The van der Waals surface area contributed by atoms with E-state index >= 15 is 0 Å². The van der Waals surface area contributed by atoms with Crippen molar-refractivity contribution < 1.29 is 4.79 Å². The molecular weight excluding hydrogens is 326 g/mol. The summed E-state index contributed by atoms with van der Waals surface area (Å²) in [5, 5.41) is 9.39. The Bertz CT molecular complexity index is 632. The van der Waals surface area contributed by atoms with Crippen LogP contribution in [0.1, 0.15) is 33.0 Å². The average molecular weight is 340 g/mol. The molecule has 0 saturated carbocycles. The maximum absolute atomic E-state index is 12.0. The first-order valence-electron chi connectivity index (χ1n) is 6.21. The van der Waals surface area contributed by atoms with Gasteiger partial charge >= 0.3 is 0 Å². The molecule has 3 rings (SSSR count). The van der Waals surface area contributed by atoms with Crippen molar-refractivity contribution in [2.75, 3.05) is 0 Å². The number of hydrogen-bond acceptors (Lipinski definition) is 3. The lowest BCUT2D eigenvalue weighted by Gasteiger charge is -2.06. The Morgan fingerprint density at radius 1 is 1.58 bits per heavy atom. The molecule has 1 aliphatic rings. The average Bonchev–Trinajstić information content (AvgIpc) is 3.03. The SMILES string of the molecule is Cn1nc2c(c1CNC(=O)c1cc(Br)cs1)CCC2. The molecule has 2 heterocycles. The predicted molar refractivity (Wildman–Crippen MR) is 78.4 cm³/mol. The largest absolute Gasteiger partial charge is 0.346 e. The molecule has 6 heteroatoms. The zero-order valence-corrected chi connectivity index (χ0v) is 13.0. The molecule has 0 spiro atoms. The molecule has 2 aromatic heterocycles. The Morgan fingerprint density at radius 2 is 2.42 bits per heavy atom. The molecule has 19 heavy (non-hydrogen) atoms. The highest BCUT2D eigenvalue weighted by Crippen LogP contribution is 2.24. The molecule has 0 atom stereocenters. The van der Waals surface area contributed by atoms with E-state index < -0.39 is 0 Å². The maximum atomic E-state index is 12.0. The van der Waals surface area contributed by atoms with E-state index in [1.165, 1.54) is 29.0 Å². The number of rotatable bonds is 3. The van der Waals surface area contributed by atoms with E-state index in [4.69, 9.17) is 0 Å². The van der Waals surface area contributed by atoms with Gasteiger partial charge in [0.2, 0.25) is 0 Å². The molecule has 0 fully saturated rings. The van der Waals surface area contributed by atoms with Gasteiger partial charge in [0.1, 0.15) is 0 Å². The van der Waals surface area contributed by atoms with Crippen LogP contribution in [0.25, 0.3) is 0 Å². The smallest absolute Gasteiger partial charge is 0.261 e. The van der Waals surface area contributed by atoms with Gasteiger partial charge in [-0.05, 0) is 46.8 Å². The van der Waals surface area contributed by atoms with Gasteiger partial charge in [0.05, 0.1) is 22.8 Å². The van der Waals surface area contributed by atoms with E-state index in [1.54, 1.807) is 0 Å². The normalized spacial score (nSPS) is 13.6. The molecule has 2 aromatic rings. The minimum absolute atomic E-state index is 0.0244. The van der Waals surface area contributed by atoms with Gasteiger partial charge in [0, 0.05) is 16.9 Å². The molecule has 4 nitrogen and oxygen atoms in total. The van der Waals surface area contributed by atoms with E-state index in [0.29, 0.717) is 6.54 Å². The molecule has 1 amide bonds. The van der Waals surface area contributed by atoms with E-state index in [0.717, 1.165) is 27.9 Å². The minimum Gasteiger partial charge on any atom is -0.346 e. The molecule has 0 unspecified atom stereocenters. The van der Waals surface area contributed by atoms with Crippen molar-refractivity contribution in [2.45, 2.75) is 25.8 Å². The number of thiophene rings is 1. The highest BCUT2D eigenvalue weighted by molar-refractivity contribution is 9.10. The van der Waals surface area contributed by atoms with E-state index in [9.17, 15) is 4.79 Å². The summed E-state index contributed by atoms with van der Waals surface area (Å²) >= 11 is 4.80. The summed E-state index contributed by atoms with van der Waals surface area (Å²) in [5.41, 5.74) is 3.66. The molecule has 1 N–H and O–H groups in total. The highest BCUT2D eigenvalue weighted by atomic mass is 79.9. The summed E-state index contributed by atoms with van der Waals surface area (Å²) in [6.45, 7) is 0.549. The first kappa shape index (κ1) is 12.9. The van der Waals surface area contributed by atoms with Crippen LogP contribution in [0.5, 0.6) is 0 Å². The molecule has 1 aliphatic carbocycles. The van der Waals surface area contributed by atoms with Crippen LogP contribution >= 0.6 is 27.3 Å². The molecule has 0 aliphatic heterocycles. The number of amides is 1. The number of fused-ring (bicyclic) bond motifs is 1. The van der Waals surface area contributed by atoms with Crippen LogP contribution in [0.4, 0.5) is 0 Å². The lowest BCUT2D eigenvalue weighted by molar-refractivity contribution is 0.0954. The van der Waals surface area contributed by atoms with Gasteiger partial charge < -0.3 is 5.32 Å². The molecule has 0 aromatic carbocycles. The van der Waals surface area contributed by atoms with E-state index in [1.807, 2.05) is 23.2 Å². The number of aryl methyl sites for hydroxylation is 2. The quantitative estimate of drug-likeness (QED) is 0.934. The number of nitrogens with zero attached hydrogens (tertiary/aromatic N) is 2. The van der Waals surface area contributed by atoms with Crippen LogP contribution in [0.3, 0.4) is 0 Å². The molecule has 0 radical (unpaired) electrons. The number of carbonyl (C=O) groups is 1. The van der Waals surface area contributed by atoms with Crippen molar-refractivity contribution in [3.63, 3.8) is 0 Å².